The minimum Gasteiger partial charge on any atom is -0.365 e. The maximum Gasteiger partial charge on any atom is 0.293 e. The van der Waals surface area contributed by atoms with Crippen LogP contribution in [0.25, 0.3) is 0 Å². The van der Waals surface area contributed by atoms with Crippen LogP contribution in [-0.4, -0.2) is 29.2 Å². The van der Waals surface area contributed by atoms with Gasteiger partial charge in [0.1, 0.15) is 0 Å². The highest BCUT2D eigenvalue weighted by Gasteiger charge is 2.26. The van der Waals surface area contributed by atoms with Gasteiger partial charge in [0.2, 0.25) is 0 Å². The summed E-state index contributed by atoms with van der Waals surface area (Å²) in [6, 6.07) is 0.156. The van der Waals surface area contributed by atoms with Crippen molar-refractivity contribution in [3.05, 3.63) is 22.7 Å². The average molecular weight is 264 g/mol. The van der Waals surface area contributed by atoms with E-state index in [0.717, 1.165) is 19.6 Å². The molecule has 1 atom stereocenters. The molecule has 1 aliphatic heterocycles. The standard InChI is InChI=1S/C14H24N4O/c1-11(2)18-8-7-16-12(13(18)19)17-10-14(3)5-4-6-15-9-14/h7-8,11,15H,4-6,9-10H2,1-3H3,(H,16,17). The lowest BCUT2D eigenvalue weighted by atomic mass is 9.83. The van der Waals surface area contributed by atoms with Crippen molar-refractivity contribution in [2.45, 2.75) is 39.7 Å². The fraction of sp³-hybridized carbons (Fsp3) is 0.714. The maximum atomic E-state index is 12.2. The van der Waals surface area contributed by atoms with Crippen molar-refractivity contribution in [1.82, 2.24) is 14.9 Å². The van der Waals surface area contributed by atoms with Gasteiger partial charge in [-0.2, -0.15) is 0 Å². The van der Waals surface area contributed by atoms with E-state index in [1.807, 2.05) is 13.8 Å². The fourth-order valence-electron chi connectivity index (χ4n) is 2.52. The Hall–Kier alpha value is -1.36. The zero-order chi connectivity index (χ0) is 13.9. The zero-order valence-electron chi connectivity index (χ0n) is 12.1. The summed E-state index contributed by atoms with van der Waals surface area (Å²) in [4.78, 5) is 16.4. The van der Waals surface area contributed by atoms with Crippen LogP contribution in [0.15, 0.2) is 17.2 Å². The molecule has 0 aliphatic carbocycles. The smallest absolute Gasteiger partial charge is 0.293 e. The second kappa shape index (κ2) is 5.74. The summed E-state index contributed by atoms with van der Waals surface area (Å²) < 4.78 is 1.71. The number of anilines is 1. The van der Waals surface area contributed by atoms with Crippen LogP contribution in [0.4, 0.5) is 5.82 Å². The Kier molecular flexibility index (Phi) is 4.24. The predicted octanol–water partition coefficient (Wildman–Crippen LogP) is 1.63. The van der Waals surface area contributed by atoms with E-state index in [1.54, 1.807) is 17.0 Å². The molecule has 0 radical (unpaired) electrons. The van der Waals surface area contributed by atoms with Gasteiger partial charge in [0.25, 0.3) is 5.56 Å². The first-order chi connectivity index (χ1) is 9.02. The van der Waals surface area contributed by atoms with E-state index in [-0.39, 0.29) is 17.0 Å². The third-order valence-electron chi connectivity index (χ3n) is 3.79. The number of aromatic nitrogens is 2. The highest BCUT2D eigenvalue weighted by atomic mass is 16.1. The van der Waals surface area contributed by atoms with E-state index in [0.29, 0.717) is 5.82 Å². The van der Waals surface area contributed by atoms with E-state index in [2.05, 4.69) is 22.5 Å². The zero-order valence-corrected chi connectivity index (χ0v) is 12.1. The molecule has 1 unspecified atom stereocenters. The SMILES string of the molecule is CC(C)n1ccnc(NCC2(C)CCCNC2)c1=O. The Labute approximate surface area is 114 Å². The minimum absolute atomic E-state index is 0.0372. The number of piperidine rings is 1. The summed E-state index contributed by atoms with van der Waals surface area (Å²) in [5, 5.41) is 6.65. The van der Waals surface area contributed by atoms with Gasteiger partial charge < -0.3 is 15.2 Å². The van der Waals surface area contributed by atoms with Crippen LogP contribution in [0.2, 0.25) is 0 Å². The van der Waals surface area contributed by atoms with Gasteiger partial charge >= 0.3 is 0 Å². The van der Waals surface area contributed by atoms with Crippen molar-refractivity contribution < 1.29 is 0 Å². The Balaban J connectivity index is 2.07. The molecule has 1 fully saturated rings. The highest BCUT2D eigenvalue weighted by Crippen LogP contribution is 2.25. The van der Waals surface area contributed by atoms with E-state index in [9.17, 15) is 4.79 Å². The summed E-state index contributed by atoms with van der Waals surface area (Å²) in [5.41, 5.74) is 0.162. The van der Waals surface area contributed by atoms with Crippen LogP contribution < -0.4 is 16.2 Å². The first-order valence-corrected chi connectivity index (χ1v) is 7.04. The Morgan fingerprint density at radius 1 is 1.58 bits per heavy atom. The molecule has 2 heterocycles. The average Bonchev–Trinajstić information content (AvgIpc) is 2.38. The second-order valence-electron chi connectivity index (χ2n) is 6.03. The van der Waals surface area contributed by atoms with Crippen molar-refractivity contribution in [3.8, 4) is 0 Å². The molecule has 1 aromatic heterocycles. The fourth-order valence-corrected chi connectivity index (χ4v) is 2.52. The quantitative estimate of drug-likeness (QED) is 0.867. The molecule has 5 heteroatoms. The molecule has 5 nitrogen and oxygen atoms in total. The van der Waals surface area contributed by atoms with E-state index in [4.69, 9.17) is 0 Å². The third-order valence-corrected chi connectivity index (χ3v) is 3.79. The highest BCUT2D eigenvalue weighted by molar-refractivity contribution is 5.31. The van der Waals surface area contributed by atoms with Crippen molar-refractivity contribution >= 4 is 5.82 Å². The van der Waals surface area contributed by atoms with Gasteiger partial charge in [-0.3, -0.25) is 4.79 Å². The first kappa shape index (κ1) is 14.1. The van der Waals surface area contributed by atoms with Gasteiger partial charge in [0, 0.05) is 31.5 Å². The lowest BCUT2D eigenvalue weighted by molar-refractivity contribution is 0.253. The lowest BCUT2D eigenvalue weighted by Gasteiger charge is -2.34. The van der Waals surface area contributed by atoms with Crippen molar-refractivity contribution in [1.29, 1.82) is 0 Å². The van der Waals surface area contributed by atoms with Crippen molar-refractivity contribution in [2.75, 3.05) is 25.0 Å². The molecule has 1 saturated heterocycles. The maximum absolute atomic E-state index is 12.2. The van der Waals surface area contributed by atoms with E-state index in [1.165, 1.54) is 12.8 Å². The second-order valence-corrected chi connectivity index (χ2v) is 6.03. The van der Waals surface area contributed by atoms with Crippen LogP contribution in [0.1, 0.15) is 39.7 Å². The molecule has 0 aromatic carbocycles. The van der Waals surface area contributed by atoms with Crippen LogP contribution in [0.3, 0.4) is 0 Å². The Bertz CT molecular complexity index is 475. The summed E-state index contributed by atoms with van der Waals surface area (Å²) in [5.74, 6) is 0.461. The molecule has 0 bridgehead atoms. The molecule has 2 rings (SSSR count). The normalized spacial score (nSPS) is 23.6. The predicted molar refractivity (Wildman–Crippen MR) is 77.6 cm³/mol. The largest absolute Gasteiger partial charge is 0.365 e. The number of hydrogen-bond donors (Lipinski definition) is 2. The summed E-state index contributed by atoms with van der Waals surface area (Å²) >= 11 is 0. The van der Waals surface area contributed by atoms with Gasteiger partial charge in [-0.1, -0.05) is 6.92 Å². The molecule has 1 aromatic rings. The van der Waals surface area contributed by atoms with E-state index < -0.39 is 0 Å². The summed E-state index contributed by atoms with van der Waals surface area (Å²) in [7, 11) is 0. The van der Waals surface area contributed by atoms with Gasteiger partial charge in [-0.05, 0) is 38.6 Å². The molecule has 0 amide bonds. The topological polar surface area (TPSA) is 59.0 Å². The lowest BCUT2D eigenvalue weighted by Crippen LogP contribution is -2.43. The van der Waals surface area contributed by atoms with Gasteiger partial charge in [-0.15, -0.1) is 0 Å². The molecule has 2 N–H and O–H groups in total. The number of hydrogen-bond acceptors (Lipinski definition) is 4. The minimum atomic E-state index is -0.0372. The molecule has 19 heavy (non-hydrogen) atoms. The van der Waals surface area contributed by atoms with E-state index >= 15 is 0 Å². The molecular weight excluding hydrogens is 240 g/mol. The monoisotopic (exact) mass is 264 g/mol. The van der Waals surface area contributed by atoms with Crippen LogP contribution in [0.5, 0.6) is 0 Å². The van der Waals surface area contributed by atoms with Gasteiger partial charge in [0.15, 0.2) is 5.82 Å². The van der Waals surface area contributed by atoms with Crippen LogP contribution >= 0.6 is 0 Å². The number of rotatable bonds is 4. The molecular formula is C14H24N4O. The van der Waals surface area contributed by atoms with Crippen LogP contribution in [-0.2, 0) is 0 Å². The number of nitrogens with zero attached hydrogens (tertiary/aromatic N) is 2. The van der Waals surface area contributed by atoms with Crippen LogP contribution in [0, 0.1) is 5.41 Å². The van der Waals surface area contributed by atoms with Gasteiger partial charge in [0.05, 0.1) is 0 Å². The van der Waals surface area contributed by atoms with Crippen molar-refractivity contribution in [3.63, 3.8) is 0 Å². The Morgan fingerprint density at radius 3 is 3.00 bits per heavy atom. The third kappa shape index (κ3) is 3.35. The summed E-state index contributed by atoms with van der Waals surface area (Å²) in [6.45, 7) is 9.11. The number of nitrogens with one attached hydrogen (secondary N) is 2. The Morgan fingerprint density at radius 2 is 2.37 bits per heavy atom. The molecule has 106 valence electrons. The molecule has 0 spiro atoms. The molecule has 0 saturated carbocycles. The van der Waals surface area contributed by atoms with Gasteiger partial charge in [-0.25, -0.2) is 4.98 Å². The summed E-state index contributed by atoms with van der Waals surface area (Å²) in [6.07, 6.45) is 5.79. The molecule has 1 aliphatic rings. The first-order valence-electron chi connectivity index (χ1n) is 7.04. The van der Waals surface area contributed by atoms with Crippen molar-refractivity contribution in [2.24, 2.45) is 5.41 Å².